The summed E-state index contributed by atoms with van der Waals surface area (Å²) in [6.45, 7) is 2.05. The molecular weight excluding hydrogens is 424 g/mol. The Morgan fingerprint density at radius 2 is 1.87 bits per heavy atom. The fourth-order valence-corrected chi connectivity index (χ4v) is 3.67. The van der Waals surface area contributed by atoms with Gasteiger partial charge >= 0.3 is 6.18 Å². The second-order valence-corrected chi connectivity index (χ2v) is 7.01. The Kier molecular flexibility index (Phi) is 5.32. The van der Waals surface area contributed by atoms with E-state index in [4.69, 9.17) is 4.74 Å². The van der Waals surface area contributed by atoms with E-state index >= 15 is 4.39 Å². The molecule has 4 rings (SSSR count). The molecule has 0 amide bonds. The zero-order chi connectivity index (χ0) is 22.3. The van der Waals surface area contributed by atoms with E-state index in [9.17, 15) is 22.0 Å². The van der Waals surface area contributed by atoms with Gasteiger partial charge in [-0.15, -0.1) is 0 Å². The summed E-state index contributed by atoms with van der Waals surface area (Å²) in [7, 11) is 0. The number of nitrogens with zero attached hydrogens (tertiary/aromatic N) is 2. The molecule has 2 aromatic heterocycles. The Morgan fingerprint density at radius 1 is 1.16 bits per heavy atom. The molecule has 0 aliphatic carbocycles. The van der Waals surface area contributed by atoms with Gasteiger partial charge in [-0.2, -0.15) is 13.2 Å². The molecule has 3 heterocycles. The molecule has 31 heavy (non-hydrogen) atoms. The maximum absolute atomic E-state index is 15.1. The third-order valence-electron chi connectivity index (χ3n) is 5.10. The number of ether oxygens (including phenoxy) is 1. The Hall–Kier alpha value is -3.17. The van der Waals surface area contributed by atoms with E-state index in [0.29, 0.717) is 12.2 Å². The standard InChI is InChI=1S/C21H17F6N3O/c1-2-31-16-8-17(21(25,26)27)28-9-15(16)30-7-6-14-11(10-30)19(24)20(29-14)18-12(22)4-3-5-13(18)23/h3-5,8-9,29H,2,6-7,10H2,1H3. The minimum absolute atomic E-state index is 0.0235. The van der Waals surface area contributed by atoms with Gasteiger partial charge in [0.15, 0.2) is 5.82 Å². The number of aromatic nitrogens is 2. The number of hydrogen-bond donors (Lipinski definition) is 1. The van der Waals surface area contributed by atoms with Crippen LogP contribution >= 0.6 is 0 Å². The molecule has 1 aliphatic rings. The molecule has 0 spiro atoms. The molecule has 0 atom stereocenters. The lowest BCUT2D eigenvalue weighted by Crippen LogP contribution is -2.31. The monoisotopic (exact) mass is 441 g/mol. The first-order valence-electron chi connectivity index (χ1n) is 9.49. The van der Waals surface area contributed by atoms with Crippen LogP contribution in [0.2, 0.25) is 0 Å². The molecule has 4 nitrogen and oxygen atoms in total. The molecule has 0 saturated carbocycles. The molecule has 0 fully saturated rings. The van der Waals surface area contributed by atoms with E-state index < -0.39 is 34.9 Å². The van der Waals surface area contributed by atoms with Gasteiger partial charge in [-0.1, -0.05) is 6.07 Å². The van der Waals surface area contributed by atoms with Gasteiger partial charge in [0.1, 0.15) is 23.1 Å². The average molecular weight is 441 g/mol. The molecule has 0 radical (unpaired) electrons. The van der Waals surface area contributed by atoms with Crippen LogP contribution in [0.15, 0.2) is 30.5 Å². The number of halogens is 6. The number of pyridine rings is 1. The minimum atomic E-state index is -4.63. The van der Waals surface area contributed by atoms with Crippen LogP contribution in [0.4, 0.5) is 32.0 Å². The van der Waals surface area contributed by atoms with Crippen molar-refractivity contribution in [3.05, 3.63) is 64.9 Å². The van der Waals surface area contributed by atoms with Crippen molar-refractivity contribution < 1.29 is 31.1 Å². The normalized spacial score (nSPS) is 14.0. The maximum Gasteiger partial charge on any atom is 0.433 e. The van der Waals surface area contributed by atoms with Crippen molar-refractivity contribution in [3.63, 3.8) is 0 Å². The number of H-pyrrole nitrogens is 1. The molecule has 1 N–H and O–H groups in total. The highest BCUT2D eigenvalue weighted by Gasteiger charge is 2.34. The lowest BCUT2D eigenvalue weighted by Gasteiger charge is -2.30. The zero-order valence-electron chi connectivity index (χ0n) is 16.3. The van der Waals surface area contributed by atoms with Crippen LogP contribution < -0.4 is 9.64 Å². The third-order valence-corrected chi connectivity index (χ3v) is 5.10. The van der Waals surface area contributed by atoms with E-state index in [2.05, 4.69) is 9.97 Å². The Labute approximate surface area is 173 Å². The molecular formula is C21H17F6N3O. The lowest BCUT2D eigenvalue weighted by atomic mass is 10.1. The molecule has 1 aromatic carbocycles. The van der Waals surface area contributed by atoms with Gasteiger partial charge in [0.25, 0.3) is 0 Å². The van der Waals surface area contributed by atoms with E-state index in [0.717, 1.165) is 24.4 Å². The fourth-order valence-electron chi connectivity index (χ4n) is 3.67. The Morgan fingerprint density at radius 3 is 2.52 bits per heavy atom. The largest absolute Gasteiger partial charge is 0.492 e. The van der Waals surface area contributed by atoms with Crippen LogP contribution in [0.3, 0.4) is 0 Å². The first-order chi connectivity index (χ1) is 14.7. The molecule has 1 aliphatic heterocycles. The lowest BCUT2D eigenvalue weighted by molar-refractivity contribution is -0.141. The highest BCUT2D eigenvalue weighted by molar-refractivity contribution is 5.66. The topological polar surface area (TPSA) is 41.1 Å². The number of hydrogen-bond acceptors (Lipinski definition) is 3. The maximum atomic E-state index is 15.1. The summed E-state index contributed by atoms with van der Waals surface area (Å²) in [5.74, 6) is -2.63. The fraction of sp³-hybridized carbons (Fsp3) is 0.286. The first kappa shape index (κ1) is 21.1. The third kappa shape index (κ3) is 3.82. The summed E-state index contributed by atoms with van der Waals surface area (Å²) in [6, 6.07) is 4.06. The molecule has 0 unspecified atom stereocenters. The summed E-state index contributed by atoms with van der Waals surface area (Å²) in [4.78, 5) is 7.86. The number of aromatic amines is 1. The van der Waals surface area contributed by atoms with E-state index in [1.807, 2.05) is 0 Å². The van der Waals surface area contributed by atoms with Gasteiger partial charge < -0.3 is 14.6 Å². The average Bonchev–Trinajstić information content (AvgIpc) is 3.03. The van der Waals surface area contributed by atoms with Crippen molar-refractivity contribution in [2.45, 2.75) is 26.1 Å². The van der Waals surface area contributed by atoms with Crippen molar-refractivity contribution in [1.29, 1.82) is 0 Å². The Balaban J connectivity index is 1.71. The summed E-state index contributed by atoms with van der Waals surface area (Å²) in [6.07, 6.45) is -3.30. The van der Waals surface area contributed by atoms with Gasteiger partial charge in [-0.3, -0.25) is 0 Å². The van der Waals surface area contributed by atoms with Crippen molar-refractivity contribution in [2.24, 2.45) is 0 Å². The van der Waals surface area contributed by atoms with Crippen molar-refractivity contribution >= 4 is 5.69 Å². The predicted octanol–water partition coefficient (Wildman–Crippen LogP) is 5.47. The molecule has 0 bridgehead atoms. The second-order valence-electron chi connectivity index (χ2n) is 7.01. The summed E-state index contributed by atoms with van der Waals surface area (Å²) in [5.41, 5.74) is -0.942. The smallest absolute Gasteiger partial charge is 0.433 e. The number of fused-ring (bicyclic) bond motifs is 1. The quantitative estimate of drug-likeness (QED) is 0.546. The minimum Gasteiger partial charge on any atom is -0.492 e. The number of nitrogens with one attached hydrogen (secondary N) is 1. The summed E-state index contributed by atoms with van der Waals surface area (Å²) < 4.78 is 87.8. The first-order valence-corrected chi connectivity index (χ1v) is 9.49. The predicted molar refractivity (Wildman–Crippen MR) is 101 cm³/mol. The number of rotatable bonds is 4. The molecule has 0 saturated heterocycles. The van der Waals surface area contributed by atoms with Crippen LogP contribution in [0.25, 0.3) is 11.3 Å². The van der Waals surface area contributed by atoms with Crippen LogP contribution in [0.5, 0.6) is 5.75 Å². The Bertz CT molecular complexity index is 1100. The molecule has 3 aromatic rings. The highest BCUT2D eigenvalue weighted by atomic mass is 19.4. The number of benzene rings is 1. The van der Waals surface area contributed by atoms with Gasteiger partial charge in [-0.05, 0) is 19.1 Å². The SMILES string of the molecule is CCOc1cc(C(F)(F)F)ncc1N1CCc2[nH]c(-c3c(F)cccc3F)c(F)c2C1. The van der Waals surface area contributed by atoms with Crippen LogP contribution in [-0.4, -0.2) is 23.1 Å². The van der Waals surface area contributed by atoms with Gasteiger partial charge in [0.05, 0.1) is 29.7 Å². The molecule has 164 valence electrons. The van der Waals surface area contributed by atoms with E-state index in [1.54, 1.807) is 11.8 Å². The van der Waals surface area contributed by atoms with Gasteiger partial charge in [0.2, 0.25) is 0 Å². The van der Waals surface area contributed by atoms with Crippen LogP contribution in [-0.2, 0) is 19.1 Å². The highest BCUT2D eigenvalue weighted by Crippen LogP contribution is 2.39. The zero-order valence-corrected chi connectivity index (χ0v) is 16.3. The van der Waals surface area contributed by atoms with Crippen molar-refractivity contribution in [3.8, 4) is 17.0 Å². The molecule has 10 heteroatoms. The van der Waals surface area contributed by atoms with Gasteiger partial charge in [0, 0.05) is 36.8 Å². The van der Waals surface area contributed by atoms with Crippen LogP contribution in [0, 0.1) is 17.5 Å². The van der Waals surface area contributed by atoms with Crippen molar-refractivity contribution in [2.75, 3.05) is 18.1 Å². The van der Waals surface area contributed by atoms with Gasteiger partial charge in [-0.25, -0.2) is 18.2 Å². The number of anilines is 1. The van der Waals surface area contributed by atoms with E-state index in [1.165, 1.54) is 6.07 Å². The van der Waals surface area contributed by atoms with Crippen molar-refractivity contribution in [1.82, 2.24) is 9.97 Å². The van der Waals surface area contributed by atoms with E-state index in [-0.39, 0.29) is 42.3 Å². The summed E-state index contributed by atoms with van der Waals surface area (Å²) in [5, 5.41) is 0. The second kappa shape index (κ2) is 7.82. The number of alkyl halides is 3. The summed E-state index contributed by atoms with van der Waals surface area (Å²) >= 11 is 0. The van der Waals surface area contributed by atoms with Crippen LogP contribution in [0.1, 0.15) is 23.9 Å².